The van der Waals surface area contributed by atoms with Crippen molar-refractivity contribution in [2.75, 3.05) is 6.61 Å². The summed E-state index contributed by atoms with van der Waals surface area (Å²) in [6.45, 7) is 8.41. The van der Waals surface area contributed by atoms with Crippen molar-refractivity contribution in [3.63, 3.8) is 0 Å². The van der Waals surface area contributed by atoms with Crippen LogP contribution in [0.5, 0.6) is 0 Å². The van der Waals surface area contributed by atoms with Gasteiger partial charge < -0.3 is 38.6 Å². The van der Waals surface area contributed by atoms with Crippen LogP contribution in [0.15, 0.2) is 12.2 Å². The quantitative estimate of drug-likeness (QED) is 0.0882. The first kappa shape index (κ1) is 37.5. The number of carboxylic acid groups (broad SMARTS) is 1. The van der Waals surface area contributed by atoms with E-state index >= 15 is 0 Å². The van der Waals surface area contributed by atoms with Crippen molar-refractivity contribution in [3.8, 4) is 0 Å². The Balaban J connectivity index is 1.51. The number of aliphatic hydroxyl groups is 2. The van der Waals surface area contributed by atoms with Crippen LogP contribution in [0.1, 0.15) is 72.1 Å². The van der Waals surface area contributed by atoms with E-state index < -0.39 is 99.0 Å². The molecule has 4 aliphatic carbocycles. The molecule has 0 aromatic carbocycles. The van der Waals surface area contributed by atoms with Crippen LogP contribution in [0.3, 0.4) is 0 Å². The number of rotatable bonds is 11. The van der Waals surface area contributed by atoms with Gasteiger partial charge in [-0.1, -0.05) is 27.4 Å². The predicted octanol–water partition coefficient (Wildman–Crippen LogP) is 0.982. The van der Waals surface area contributed by atoms with Crippen molar-refractivity contribution < 1.29 is 73.4 Å². The molecule has 4 saturated carbocycles. The Bertz CT molecular complexity index is 1480. The largest absolute Gasteiger partial charge is 0.726 e. The minimum atomic E-state index is -5.69. The second-order valence-corrected chi connectivity index (χ2v) is 16.8. The van der Waals surface area contributed by atoms with Crippen LogP contribution < -0.4 is 0 Å². The van der Waals surface area contributed by atoms with E-state index in [1.807, 2.05) is 6.92 Å². The monoisotopic (exact) mass is 724 g/mol. The number of hydrogen-bond donors (Lipinski definition) is 3. The van der Waals surface area contributed by atoms with Crippen molar-refractivity contribution in [1.29, 1.82) is 0 Å². The summed E-state index contributed by atoms with van der Waals surface area (Å²) in [5, 5.41) is 31.9. The molecule has 2 bridgehead atoms. The highest BCUT2D eigenvalue weighted by Gasteiger charge is 2.67. The molecule has 16 nitrogen and oxygen atoms in total. The van der Waals surface area contributed by atoms with E-state index in [1.165, 1.54) is 0 Å². The van der Waals surface area contributed by atoms with E-state index in [1.54, 1.807) is 13.8 Å². The lowest BCUT2D eigenvalue weighted by atomic mass is 9.43. The Kier molecular flexibility index (Phi) is 10.5. The summed E-state index contributed by atoms with van der Waals surface area (Å²) in [4.78, 5) is 25.6. The number of aliphatic hydroxyl groups excluding tert-OH is 2. The smallest absolute Gasteiger partial charge is 0.306 e. The summed E-state index contributed by atoms with van der Waals surface area (Å²) in [6.07, 6.45) is -8.49. The maximum atomic E-state index is 12.9. The second-order valence-electron chi connectivity index (χ2n) is 14.8. The summed E-state index contributed by atoms with van der Waals surface area (Å²) in [5.74, 6) is -3.38. The molecule has 0 aromatic heterocycles. The minimum Gasteiger partial charge on any atom is -0.726 e. The lowest BCUT2D eigenvalue weighted by molar-refractivity contribution is -0.316. The number of esters is 1. The molecule has 0 aromatic rings. The van der Waals surface area contributed by atoms with Crippen LogP contribution in [0.4, 0.5) is 0 Å². The standard InChI is InChI=1S/C30H46O16S2/c1-14(2)9-22(32)44-25-24(46-48(39,40)41)23(45-47(36,37)38)20(13-31)43-28(25)42-17-10-18(27(34)35)19-7-8-30-11-16(15(3)26(30)33)5-6-21(30)29(19,4)12-17/h14,16-21,23-26,28,31,33H,3,5-13H2,1-2,4H3,(H,34,35)(H,36,37,38)(H,39,40,41)/p-2/t16-,17-,18-,19-,20-,21+,23-,24+,25-,26+,28+,29-,30-/m1/s1. The van der Waals surface area contributed by atoms with Gasteiger partial charge in [-0.05, 0) is 79.6 Å². The molecule has 274 valence electrons. The fourth-order valence-electron chi connectivity index (χ4n) is 9.81. The van der Waals surface area contributed by atoms with Crippen molar-refractivity contribution in [2.24, 2.45) is 40.4 Å². The van der Waals surface area contributed by atoms with Crippen molar-refractivity contribution in [1.82, 2.24) is 0 Å². The van der Waals surface area contributed by atoms with Crippen LogP contribution in [0, 0.1) is 40.4 Å². The van der Waals surface area contributed by atoms with Gasteiger partial charge in [0.2, 0.25) is 20.8 Å². The average Bonchev–Trinajstić information content (AvgIpc) is 3.12. The second kappa shape index (κ2) is 13.4. The first-order valence-corrected chi connectivity index (χ1v) is 18.8. The van der Waals surface area contributed by atoms with Gasteiger partial charge in [-0.25, -0.2) is 16.8 Å². The zero-order valence-corrected chi connectivity index (χ0v) is 28.6. The molecule has 0 amide bonds. The molecule has 1 aliphatic heterocycles. The number of aliphatic carboxylic acids is 1. The Labute approximate surface area is 280 Å². The third kappa shape index (κ3) is 7.20. The molecule has 5 aliphatic rings. The van der Waals surface area contributed by atoms with E-state index in [4.69, 9.17) is 14.2 Å². The van der Waals surface area contributed by atoms with Crippen LogP contribution in [-0.2, 0) is 53.0 Å². The van der Waals surface area contributed by atoms with Crippen LogP contribution in [0.2, 0.25) is 0 Å². The Hall–Kier alpha value is -1.74. The number of carbonyl (C=O) groups is 2. The summed E-state index contributed by atoms with van der Waals surface area (Å²) < 4.78 is 96.9. The predicted molar refractivity (Wildman–Crippen MR) is 159 cm³/mol. The molecule has 5 rings (SSSR count). The van der Waals surface area contributed by atoms with Gasteiger partial charge in [-0.15, -0.1) is 0 Å². The molecule has 0 radical (unpaired) electrons. The highest BCUT2D eigenvalue weighted by Crippen LogP contribution is 2.70. The van der Waals surface area contributed by atoms with Crippen LogP contribution in [0.25, 0.3) is 0 Å². The third-order valence-electron chi connectivity index (χ3n) is 11.5. The molecule has 48 heavy (non-hydrogen) atoms. The average molecular weight is 725 g/mol. The molecule has 3 N–H and O–H groups in total. The van der Waals surface area contributed by atoms with Gasteiger partial charge in [0, 0.05) is 11.8 Å². The van der Waals surface area contributed by atoms with Crippen molar-refractivity contribution in [2.45, 2.75) is 115 Å². The van der Waals surface area contributed by atoms with Gasteiger partial charge in [-0.2, -0.15) is 0 Å². The number of carboxylic acids is 1. The normalized spacial score (nSPS) is 43.0. The number of carbonyl (C=O) groups excluding carboxylic acids is 1. The van der Waals surface area contributed by atoms with Gasteiger partial charge in [0.05, 0.1) is 24.7 Å². The van der Waals surface area contributed by atoms with Crippen LogP contribution >= 0.6 is 0 Å². The van der Waals surface area contributed by atoms with Crippen molar-refractivity contribution in [3.05, 3.63) is 12.2 Å². The number of hydrogen-bond acceptors (Lipinski definition) is 15. The van der Waals surface area contributed by atoms with Gasteiger partial charge in [-0.3, -0.25) is 18.0 Å². The fraction of sp³-hybridized carbons (Fsp3) is 0.867. The highest BCUT2D eigenvalue weighted by atomic mass is 32.3. The van der Waals surface area contributed by atoms with Gasteiger partial charge in [0.1, 0.15) is 18.3 Å². The topological polar surface area (TPSA) is 255 Å². The van der Waals surface area contributed by atoms with Gasteiger partial charge in [0.15, 0.2) is 12.4 Å². The lowest BCUT2D eigenvalue weighted by Crippen LogP contribution is -2.64. The van der Waals surface area contributed by atoms with Crippen LogP contribution in [-0.4, -0.2) is 103 Å². The SMILES string of the molecule is C=C1[C@@H]2CC[C@H]3[C@]4(C)C[C@H](O[C@H]5O[C@H](CO)[C@@H](OS(=O)(=O)[O-])[C@H](OS(=O)(=O)[O-])[C@H]5OC(=O)CC(C)C)C[C@@H](C(=O)O)[C@H]4CC[C@]3(C2)[C@H]1O. The first-order valence-electron chi connectivity index (χ1n) is 16.2. The highest BCUT2D eigenvalue weighted by molar-refractivity contribution is 7.81. The van der Waals surface area contributed by atoms with E-state index in [0.29, 0.717) is 12.8 Å². The van der Waals surface area contributed by atoms with Crippen molar-refractivity contribution >= 4 is 32.7 Å². The third-order valence-corrected chi connectivity index (χ3v) is 12.4. The lowest BCUT2D eigenvalue weighted by Gasteiger charge is -2.62. The van der Waals surface area contributed by atoms with Gasteiger partial charge >= 0.3 is 11.9 Å². The summed E-state index contributed by atoms with van der Waals surface area (Å²) in [6, 6.07) is 0. The fourth-order valence-corrected chi connectivity index (χ4v) is 10.8. The molecule has 0 unspecified atom stereocenters. The molecule has 13 atom stereocenters. The zero-order chi connectivity index (χ0) is 35.6. The maximum Gasteiger partial charge on any atom is 0.306 e. The molecular formula is C30H44O16S2-2. The molecule has 1 saturated heterocycles. The number of fused-ring (bicyclic) bond motifs is 3. The molecule has 1 spiro atoms. The van der Waals surface area contributed by atoms with Gasteiger partial charge in [0.25, 0.3) is 0 Å². The zero-order valence-electron chi connectivity index (χ0n) is 27.0. The Morgan fingerprint density at radius 3 is 2.27 bits per heavy atom. The summed E-state index contributed by atoms with van der Waals surface area (Å²) in [7, 11) is -11.3. The minimum absolute atomic E-state index is 0.0379. The van der Waals surface area contributed by atoms with E-state index in [2.05, 4.69) is 14.9 Å². The molecule has 18 heteroatoms. The molecular weight excluding hydrogens is 680 g/mol. The molecule has 1 heterocycles. The Morgan fingerprint density at radius 1 is 1.04 bits per heavy atom. The van der Waals surface area contributed by atoms with E-state index in [9.17, 15) is 50.8 Å². The van der Waals surface area contributed by atoms with E-state index in [0.717, 1.165) is 24.8 Å². The summed E-state index contributed by atoms with van der Waals surface area (Å²) >= 11 is 0. The Morgan fingerprint density at radius 2 is 1.69 bits per heavy atom. The van der Waals surface area contributed by atoms with E-state index in [-0.39, 0.29) is 42.9 Å². The maximum absolute atomic E-state index is 12.9. The molecule has 5 fully saturated rings. The first-order chi connectivity index (χ1) is 22.2. The summed E-state index contributed by atoms with van der Waals surface area (Å²) in [5.41, 5.74) is -0.359. The number of ether oxygens (including phenoxy) is 3.